The van der Waals surface area contributed by atoms with Gasteiger partial charge in [0.2, 0.25) is 0 Å². The number of nitrogens with one attached hydrogen (secondary N) is 1. The molecule has 0 aliphatic rings. The van der Waals surface area contributed by atoms with Crippen molar-refractivity contribution in [3.05, 3.63) is 129 Å². The van der Waals surface area contributed by atoms with Crippen LogP contribution >= 0.6 is 23.2 Å². The van der Waals surface area contributed by atoms with Crippen molar-refractivity contribution in [3.63, 3.8) is 0 Å². The number of aliphatic hydroxyl groups is 1. The van der Waals surface area contributed by atoms with E-state index in [4.69, 9.17) is 32.7 Å². The Morgan fingerprint density at radius 1 is 0.946 bits per heavy atom. The molecule has 0 bridgehead atoms. The number of nitrogens with zero attached hydrogens (tertiary/aromatic N) is 1. The average Bonchev–Trinajstić information content (AvgIpc) is 2.93. The Labute approximate surface area is 225 Å². The standard InChI is InChI=1S/C29H24Cl2N2O4/c1-36-26-14-8-9-20(27(26)37-19-21-15-16-24(30)17-25(21)31)18-32-33-28(34)29(35,22-10-4-2-5-11-22)23-12-6-3-7-13-23/h2-18,35H,19H2,1H3,(H,33,34)/b32-18-. The van der Waals surface area contributed by atoms with E-state index >= 15 is 0 Å². The zero-order valence-electron chi connectivity index (χ0n) is 19.9. The molecule has 4 rings (SSSR count). The van der Waals surface area contributed by atoms with Gasteiger partial charge in [-0.2, -0.15) is 5.10 Å². The molecule has 188 valence electrons. The maximum Gasteiger partial charge on any atom is 0.281 e. The monoisotopic (exact) mass is 534 g/mol. The number of halogens is 2. The summed E-state index contributed by atoms with van der Waals surface area (Å²) >= 11 is 12.3. The number of methoxy groups -OCH3 is 1. The number of hydrogen-bond donors (Lipinski definition) is 2. The summed E-state index contributed by atoms with van der Waals surface area (Å²) in [4.78, 5) is 13.3. The van der Waals surface area contributed by atoms with E-state index in [0.29, 0.717) is 38.2 Å². The molecule has 0 unspecified atom stereocenters. The third-order valence-electron chi connectivity index (χ3n) is 5.70. The van der Waals surface area contributed by atoms with E-state index in [1.54, 1.807) is 84.9 Å². The molecule has 1 amide bonds. The highest BCUT2D eigenvalue weighted by molar-refractivity contribution is 6.35. The van der Waals surface area contributed by atoms with E-state index in [9.17, 15) is 9.90 Å². The van der Waals surface area contributed by atoms with Gasteiger partial charge in [-0.1, -0.05) is 96.0 Å². The minimum absolute atomic E-state index is 0.158. The van der Waals surface area contributed by atoms with Crippen LogP contribution in [-0.2, 0) is 17.0 Å². The first-order valence-corrected chi connectivity index (χ1v) is 12.1. The van der Waals surface area contributed by atoms with Crippen LogP contribution < -0.4 is 14.9 Å². The first-order chi connectivity index (χ1) is 17.9. The van der Waals surface area contributed by atoms with Crippen molar-refractivity contribution in [2.24, 2.45) is 5.10 Å². The van der Waals surface area contributed by atoms with Crippen LogP contribution in [0.4, 0.5) is 0 Å². The van der Waals surface area contributed by atoms with Gasteiger partial charge in [0.1, 0.15) is 6.61 Å². The number of amides is 1. The lowest BCUT2D eigenvalue weighted by molar-refractivity contribution is -0.136. The van der Waals surface area contributed by atoms with Crippen molar-refractivity contribution in [1.82, 2.24) is 5.43 Å². The van der Waals surface area contributed by atoms with E-state index in [0.717, 1.165) is 5.56 Å². The normalized spacial score (nSPS) is 11.4. The summed E-state index contributed by atoms with van der Waals surface area (Å²) in [5.41, 5.74) is 2.65. The van der Waals surface area contributed by atoms with Gasteiger partial charge in [0, 0.05) is 21.2 Å². The molecule has 0 saturated heterocycles. The van der Waals surface area contributed by atoms with Crippen LogP contribution in [0, 0.1) is 0 Å². The Morgan fingerprint density at radius 2 is 1.59 bits per heavy atom. The lowest BCUT2D eigenvalue weighted by Gasteiger charge is -2.27. The molecule has 0 radical (unpaired) electrons. The highest BCUT2D eigenvalue weighted by atomic mass is 35.5. The van der Waals surface area contributed by atoms with Gasteiger partial charge in [-0.25, -0.2) is 5.43 Å². The van der Waals surface area contributed by atoms with Crippen LogP contribution in [-0.4, -0.2) is 24.3 Å². The summed E-state index contributed by atoms with van der Waals surface area (Å²) in [6, 6.07) is 27.8. The number of para-hydroxylation sites is 1. The Morgan fingerprint density at radius 3 is 2.19 bits per heavy atom. The van der Waals surface area contributed by atoms with Crippen molar-refractivity contribution in [2.75, 3.05) is 7.11 Å². The predicted molar refractivity (Wildman–Crippen MR) is 145 cm³/mol. The third kappa shape index (κ3) is 5.94. The second-order valence-electron chi connectivity index (χ2n) is 8.04. The van der Waals surface area contributed by atoms with Crippen LogP contribution in [0.5, 0.6) is 11.5 Å². The molecule has 37 heavy (non-hydrogen) atoms. The van der Waals surface area contributed by atoms with E-state index in [2.05, 4.69) is 10.5 Å². The van der Waals surface area contributed by atoms with Crippen molar-refractivity contribution >= 4 is 35.3 Å². The zero-order valence-corrected chi connectivity index (χ0v) is 21.4. The summed E-state index contributed by atoms with van der Waals surface area (Å²) in [5, 5.41) is 16.7. The molecule has 0 aliphatic carbocycles. The quantitative estimate of drug-likeness (QED) is 0.205. The maximum absolute atomic E-state index is 13.3. The van der Waals surface area contributed by atoms with Gasteiger partial charge in [-0.3, -0.25) is 4.79 Å². The summed E-state index contributed by atoms with van der Waals surface area (Å²) in [6.07, 6.45) is 1.43. The van der Waals surface area contributed by atoms with E-state index in [-0.39, 0.29) is 6.61 Å². The Balaban J connectivity index is 1.58. The first-order valence-electron chi connectivity index (χ1n) is 11.3. The number of benzene rings is 4. The molecule has 0 heterocycles. The molecular formula is C29H24Cl2N2O4. The van der Waals surface area contributed by atoms with Gasteiger partial charge < -0.3 is 14.6 Å². The van der Waals surface area contributed by atoms with Crippen LogP contribution in [0.1, 0.15) is 22.3 Å². The number of rotatable bonds is 9. The highest BCUT2D eigenvalue weighted by Crippen LogP contribution is 2.32. The Bertz CT molecular complexity index is 1360. The number of carbonyl (C=O) groups excluding carboxylic acids is 1. The van der Waals surface area contributed by atoms with Crippen molar-refractivity contribution in [2.45, 2.75) is 12.2 Å². The van der Waals surface area contributed by atoms with Gasteiger partial charge >= 0.3 is 0 Å². The molecule has 0 spiro atoms. The Kier molecular flexibility index (Phi) is 8.46. The second-order valence-corrected chi connectivity index (χ2v) is 8.89. The van der Waals surface area contributed by atoms with Crippen LogP contribution in [0.25, 0.3) is 0 Å². The SMILES string of the molecule is COc1cccc(/C=N\NC(=O)C(O)(c2ccccc2)c2ccccc2)c1OCc1ccc(Cl)cc1Cl. The summed E-state index contributed by atoms with van der Waals surface area (Å²) in [7, 11) is 1.53. The molecular weight excluding hydrogens is 511 g/mol. The zero-order chi connectivity index (χ0) is 26.3. The predicted octanol–water partition coefficient (Wildman–Crippen LogP) is 5.97. The van der Waals surface area contributed by atoms with Gasteiger partial charge in [0.25, 0.3) is 5.91 Å². The average molecular weight is 535 g/mol. The fourth-order valence-electron chi connectivity index (χ4n) is 3.77. The molecule has 6 nitrogen and oxygen atoms in total. The van der Waals surface area contributed by atoms with Gasteiger partial charge in [0.15, 0.2) is 17.1 Å². The molecule has 2 N–H and O–H groups in total. The van der Waals surface area contributed by atoms with Crippen molar-refractivity contribution in [3.8, 4) is 11.5 Å². The number of carbonyl (C=O) groups is 1. The lowest BCUT2D eigenvalue weighted by atomic mass is 9.85. The van der Waals surface area contributed by atoms with E-state index in [1.165, 1.54) is 13.3 Å². The summed E-state index contributed by atoms with van der Waals surface area (Å²) < 4.78 is 11.5. The molecule has 0 aromatic heterocycles. The largest absolute Gasteiger partial charge is 0.493 e. The smallest absolute Gasteiger partial charge is 0.281 e. The van der Waals surface area contributed by atoms with Crippen molar-refractivity contribution < 1.29 is 19.4 Å². The second kappa shape index (κ2) is 11.9. The molecule has 0 atom stereocenters. The van der Waals surface area contributed by atoms with Gasteiger partial charge in [-0.05, 0) is 35.4 Å². The summed E-state index contributed by atoms with van der Waals surface area (Å²) in [6.45, 7) is 0.158. The lowest BCUT2D eigenvalue weighted by Crippen LogP contribution is -2.43. The highest BCUT2D eigenvalue weighted by Gasteiger charge is 2.39. The molecule has 0 saturated carbocycles. The maximum atomic E-state index is 13.3. The van der Waals surface area contributed by atoms with E-state index in [1.807, 2.05) is 12.1 Å². The number of hydrazone groups is 1. The Hall–Kier alpha value is -3.84. The minimum Gasteiger partial charge on any atom is -0.493 e. The van der Waals surface area contributed by atoms with Crippen LogP contribution in [0.2, 0.25) is 10.0 Å². The fourth-order valence-corrected chi connectivity index (χ4v) is 4.23. The third-order valence-corrected chi connectivity index (χ3v) is 6.28. The summed E-state index contributed by atoms with van der Waals surface area (Å²) in [5.74, 6) is 0.181. The molecule has 8 heteroatoms. The van der Waals surface area contributed by atoms with E-state index < -0.39 is 11.5 Å². The van der Waals surface area contributed by atoms with Gasteiger partial charge in [0.05, 0.1) is 13.3 Å². The van der Waals surface area contributed by atoms with Crippen molar-refractivity contribution in [1.29, 1.82) is 0 Å². The minimum atomic E-state index is -1.95. The van der Waals surface area contributed by atoms with Crippen LogP contribution in [0.15, 0.2) is 102 Å². The molecule has 0 aliphatic heterocycles. The molecule has 4 aromatic carbocycles. The molecule has 0 fully saturated rings. The topological polar surface area (TPSA) is 80.2 Å². The first kappa shape index (κ1) is 26.2. The van der Waals surface area contributed by atoms with Crippen LogP contribution in [0.3, 0.4) is 0 Å². The number of hydrogen-bond acceptors (Lipinski definition) is 5. The molecule has 4 aromatic rings. The fraction of sp³-hybridized carbons (Fsp3) is 0.103. The number of ether oxygens (including phenoxy) is 2. The van der Waals surface area contributed by atoms with Gasteiger partial charge in [-0.15, -0.1) is 0 Å².